The number of aryl methyl sites for hydroxylation is 1. The van der Waals surface area contributed by atoms with Gasteiger partial charge in [0.05, 0.1) is 25.0 Å². The topological polar surface area (TPSA) is 46.5 Å². The molecule has 0 amide bonds. The summed E-state index contributed by atoms with van der Waals surface area (Å²) in [6.07, 6.45) is 0.681. The number of rotatable bonds is 7. The van der Waals surface area contributed by atoms with E-state index in [9.17, 15) is 9.90 Å². The van der Waals surface area contributed by atoms with Gasteiger partial charge in [0, 0.05) is 5.92 Å². The Morgan fingerprint density at radius 3 is 2.10 bits per heavy atom. The monoisotopic (exact) mass is 386 g/mol. The maximum Gasteiger partial charge on any atom is 0.147 e. The summed E-state index contributed by atoms with van der Waals surface area (Å²) in [5, 5.41) is 11.0. The van der Waals surface area contributed by atoms with Gasteiger partial charge >= 0.3 is 0 Å². The number of methoxy groups -OCH3 is 1. The molecule has 0 bridgehead atoms. The van der Waals surface area contributed by atoms with Crippen LogP contribution in [0.15, 0.2) is 84.9 Å². The van der Waals surface area contributed by atoms with Crippen LogP contribution in [0.3, 0.4) is 0 Å². The second-order valence-corrected chi connectivity index (χ2v) is 7.71. The van der Waals surface area contributed by atoms with Gasteiger partial charge in [0.1, 0.15) is 11.5 Å². The molecule has 1 saturated carbocycles. The second kappa shape index (κ2) is 8.62. The molecule has 0 aromatic heterocycles. The van der Waals surface area contributed by atoms with Gasteiger partial charge in [-0.05, 0) is 41.7 Å². The highest BCUT2D eigenvalue weighted by molar-refractivity contribution is 5.97. The number of carbonyl (C=O) groups is 1. The van der Waals surface area contributed by atoms with Gasteiger partial charge in [-0.3, -0.25) is 4.79 Å². The SMILES string of the molecule is COc1ccc(C2C(c3ccccc3)C(=O)C2C(O)CCc2ccccc2)cc1. The summed E-state index contributed by atoms with van der Waals surface area (Å²) in [5.41, 5.74) is 3.27. The van der Waals surface area contributed by atoms with Gasteiger partial charge in [-0.1, -0.05) is 72.8 Å². The minimum absolute atomic E-state index is 0.0263. The predicted molar refractivity (Wildman–Crippen MR) is 114 cm³/mol. The van der Waals surface area contributed by atoms with Crippen molar-refractivity contribution in [1.29, 1.82) is 0 Å². The molecule has 3 aromatic carbocycles. The number of benzene rings is 3. The molecular formula is C26H26O3. The summed E-state index contributed by atoms with van der Waals surface area (Å²) >= 11 is 0. The lowest BCUT2D eigenvalue weighted by atomic mass is 9.56. The van der Waals surface area contributed by atoms with E-state index in [4.69, 9.17) is 4.74 Å². The van der Waals surface area contributed by atoms with Crippen LogP contribution < -0.4 is 4.74 Å². The largest absolute Gasteiger partial charge is 0.497 e. The number of hydrogen-bond acceptors (Lipinski definition) is 3. The van der Waals surface area contributed by atoms with Gasteiger partial charge in [-0.25, -0.2) is 0 Å². The number of ether oxygens (including phenoxy) is 1. The molecule has 1 N–H and O–H groups in total. The third kappa shape index (κ3) is 3.96. The molecule has 3 nitrogen and oxygen atoms in total. The van der Waals surface area contributed by atoms with Crippen molar-refractivity contribution in [2.24, 2.45) is 5.92 Å². The minimum atomic E-state index is -0.658. The fourth-order valence-electron chi connectivity index (χ4n) is 4.48. The Bertz CT molecular complexity index is 935. The number of aliphatic hydroxyl groups excluding tert-OH is 1. The average Bonchev–Trinajstić information content (AvgIpc) is 2.77. The van der Waals surface area contributed by atoms with Gasteiger partial charge in [0.15, 0.2) is 0 Å². The van der Waals surface area contributed by atoms with Crippen LogP contribution in [0.1, 0.15) is 34.9 Å². The van der Waals surface area contributed by atoms with E-state index in [0.717, 1.165) is 23.3 Å². The lowest BCUT2D eigenvalue weighted by molar-refractivity contribution is -0.140. The van der Waals surface area contributed by atoms with Crippen LogP contribution in [0.25, 0.3) is 0 Å². The first-order valence-electron chi connectivity index (χ1n) is 10.1. The number of ketones is 1. The van der Waals surface area contributed by atoms with Crippen molar-refractivity contribution in [3.8, 4) is 5.75 Å². The van der Waals surface area contributed by atoms with Crippen molar-refractivity contribution in [3.05, 3.63) is 102 Å². The molecule has 3 aromatic rings. The fourth-order valence-corrected chi connectivity index (χ4v) is 4.48. The average molecular weight is 386 g/mol. The van der Waals surface area contributed by atoms with Crippen LogP contribution in [0.2, 0.25) is 0 Å². The van der Waals surface area contributed by atoms with Crippen LogP contribution in [-0.2, 0) is 11.2 Å². The van der Waals surface area contributed by atoms with E-state index in [1.54, 1.807) is 7.11 Å². The second-order valence-electron chi connectivity index (χ2n) is 7.71. The zero-order valence-electron chi connectivity index (χ0n) is 16.6. The Balaban J connectivity index is 1.58. The molecule has 0 saturated heterocycles. The molecule has 4 rings (SSSR count). The Morgan fingerprint density at radius 2 is 1.48 bits per heavy atom. The van der Waals surface area contributed by atoms with Crippen LogP contribution in [0.4, 0.5) is 0 Å². The molecule has 29 heavy (non-hydrogen) atoms. The predicted octanol–water partition coefficient (Wildman–Crippen LogP) is 4.76. The highest BCUT2D eigenvalue weighted by atomic mass is 16.5. The van der Waals surface area contributed by atoms with E-state index < -0.39 is 6.10 Å². The number of carbonyl (C=O) groups excluding carboxylic acids is 1. The summed E-state index contributed by atoms with van der Waals surface area (Å²) in [6, 6.07) is 27.9. The van der Waals surface area contributed by atoms with Gasteiger partial charge in [0.25, 0.3) is 0 Å². The van der Waals surface area contributed by atoms with Gasteiger partial charge in [-0.2, -0.15) is 0 Å². The van der Waals surface area contributed by atoms with Crippen molar-refractivity contribution in [2.45, 2.75) is 30.8 Å². The molecule has 3 heteroatoms. The number of aliphatic hydroxyl groups is 1. The molecule has 4 atom stereocenters. The minimum Gasteiger partial charge on any atom is -0.497 e. The fraction of sp³-hybridized carbons (Fsp3) is 0.269. The molecule has 148 valence electrons. The van der Waals surface area contributed by atoms with Gasteiger partial charge < -0.3 is 9.84 Å². The smallest absolute Gasteiger partial charge is 0.147 e. The molecule has 0 heterocycles. The summed E-state index contributed by atoms with van der Waals surface area (Å²) in [5.74, 6) is 0.314. The normalized spacial score (nSPS) is 22.0. The quantitative estimate of drug-likeness (QED) is 0.637. The highest BCUT2D eigenvalue weighted by Gasteiger charge is 2.53. The zero-order valence-corrected chi connectivity index (χ0v) is 16.6. The van der Waals surface area contributed by atoms with Gasteiger partial charge in [-0.15, -0.1) is 0 Å². The Hall–Kier alpha value is -2.91. The van der Waals surface area contributed by atoms with E-state index in [1.807, 2.05) is 72.8 Å². The van der Waals surface area contributed by atoms with Gasteiger partial charge in [0.2, 0.25) is 0 Å². The number of Topliss-reactive ketones (excluding diaryl/α,β-unsaturated/α-hetero) is 1. The molecule has 0 spiro atoms. The van der Waals surface area contributed by atoms with Crippen molar-refractivity contribution in [1.82, 2.24) is 0 Å². The highest BCUT2D eigenvalue weighted by Crippen LogP contribution is 2.52. The third-order valence-corrected chi connectivity index (χ3v) is 6.03. The van der Waals surface area contributed by atoms with Crippen LogP contribution in [0, 0.1) is 5.92 Å². The van der Waals surface area contributed by atoms with Crippen molar-refractivity contribution in [2.75, 3.05) is 7.11 Å². The van der Waals surface area contributed by atoms with Crippen LogP contribution in [-0.4, -0.2) is 24.1 Å². The first-order chi connectivity index (χ1) is 14.2. The van der Waals surface area contributed by atoms with Crippen molar-refractivity contribution < 1.29 is 14.6 Å². The maximum absolute atomic E-state index is 13.1. The lowest BCUT2D eigenvalue weighted by Gasteiger charge is -2.46. The summed E-state index contributed by atoms with van der Waals surface area (Å²) in [7, 11) is 1.64. The first kappa shape index (κ1) is 19.4. The molecule has 1 fully saturated rings. The van der Waals surface area contributed by atoms with E-state index in [2.05, 4.69) is 12.1 Å². The summed E-state index contributed by atoms with van der Waals surface area (Å²) in [4.78, 5) is 13.1. The Morgan fingerprint density at radius 1 is 0.862 bits per heavy atom. The standard InChI is InChI=1S/C26H26O3/c1-29-21-15-13-20(14-16-21)23-24(19-10-6-3-7-11-19)26(28)25(23)22(27)17-12-18-8-4-2-5-9-18/h2-11,13-16,22-25,27H,12,17H2,1H3. The Labute approximate surface area is 172 Å². The molecule has 0 aliphatic heterocycles. The maximum atomic E-state index is 13.1. The summed E-state index contributed by atoms with van der Waals surface area (Å²) in [6.45, 7) is 0. The van der Waals surface area contributed by atoms with Crippen LogP contribution >= 0.6 is 0 Å². The van der Waals surface area contributed by atoms with E-state index in [0.29, 0.717) is 6.42 Å². The van der Waals surface area contributed by atoms with E-state index in [-0.39, 0.29) is 23.5 Å². The Kier molecular flexibility index (Phi) is 5.77. The van der Waals surface area contributed by atoms with E-state index >= 15 is 0 Å². The van der Waals surface area contributed by atoms with Crippen molar-refractivity contribution in [3.63, 3.8) is 0 Å². The first-order valence-corrected chi connectivity index (χ1v) is 10.1. The van der Waals surface area contributed by atoms with Crippen LogP contribution in [0.5, 0.6) is 5.75 Å². The van der Waals surface area contributed by atoms with Crippen molar-refractivity contribution >= 4 is 5.78 Å². The van der Waals surface area contributed by atoms with E-state index in [1.165, 1.54) is 5.56 Å². The summed E-state index contributed by atoms with van der Waals surface area (Å²) < 4.78 is 5.28. The molecule has 0 radical (unpaired) electrons. The lowest BCUT2D eigenvalue weighted by Crippen LogP contribution is -2.50. The molecule has 1 aliphatic rings. The number of hydrogen-bond donors (Lipinski definition) is 1. The third-order valence-electron chi connectivity index (χ3n) is 6.03. The molecular weight excluding hydrogens is 360 g/mol. The molecule has 4 unspecified atom stereocenters. The zero-order chi connectivity index (χ0) is 20.2. The molecule has 1 aliphatic carbocycles.